The van der Waals surface area contributed by atoms with Crippen LogP contribution in [0.2, 0.25) is 0 Å². The van der Waals surface area contributed by atoms with Gasteiger partial charge in [-0.3, -0.25) is 9.59 Å². The summed E-state index contributed by atoms with van der Waals surface area (Å²) in [6.45, 7) is 12.7. The van der Waals surface area contributed by atoms with Crippen molar-refractivity contribution >= 4 is 11.9 Å². The zero-order chi connectivity index (χ0) is 24.4. The van der Waals surface area contributed by atoms with Gasteiger partial charge in [0.15, 0.2) is 23.3 Å². The zero-order valence-corrected chi connectivity index (χ0v) is 17.9. The highest BCUT2D eigenvalue weighted by Crippen LogP contribution is 2.60. The molecule has 2 rings (SSSR count). The average molecular weight is 451 g/mol. The molecule has 0 heterocycles. The van der Waals surface area contributed by atoms with Crippen molar-refractivity contribution in [2.24, 2.45) is 17.3 Å². The van der Waals surface area contributed by atoms with Crippen molar-refractivity contribution in [1.29, 1.82) is 0 Å². The molecule has 0 radical (unpaired) electrons. The monoisotopic (exact) mass is 451 g/mol. The van der Waals surface area contributed by atoms with Crippen LogP contribution in [-0.4, -0.2) is 18.0 Å². The number of allylic oxidation sites excluding steroid dienone is 1. The number of carbonyl (C=O) groups excluding carboxylic acids is 2. The van der Waals surface area contributed by atoms with Gasteiger partial charge < -0.3 is 9.47 Å². The molecule has 1 aliphatic rings. The topological polar surface area (TPSA) is 57.0 Å². The summed E-state index contributed by atoms with van der Waals surface area (Å²) >= 11 is 0. The summed E-state index contributed by atoms with van der Waals surface area (Å²) < 4.78 is 66.3. The molecule has 0 aromatic heterocycles. The first kappa shape index (κ1) is 24.9. The van der Waals surface area contributed by atoms with Gasteiger partial charge in [0.25, 0.3) is 5.70 Å². The third-order valence-electron chi connectivity index (χ3n) is 5.26. The molecule has 2 unspecified atom stereocenters. The minimum absolute atomic E-state index is 0.308. The molecule has 5 nitrogen and oxygen atoms in total. The molecule has 1 aromatic rings. The minimum atomic E-state index is -1.69. The van der Waals surface area contributed by atoms with E-state index in [0.717, 1.165) is 0 Å². The normalized spacial score (nSPS) is 19.2. The van der Waals surface area contributed by atoms with Crippen LogP contribution < -0.4 is 0 Å². The van der Waals surface area contributed by atoms with Crippen LogP contribution in [0.4, 0.5) is 17.6 Å². The third kappa shape index (κ3) is 4.77. The highest BCUT2D eigenvalue weighted by atomic mass is 19.2. The molecule has 0 amide bonds. The Balaban J connectivity index is 2.19. The molecule has 170 valence electrons. The molecule has 1 fully saturated rings. The van der Waals surface area contributed by atoms with Crippen LogP contribution in [0, 0.1) is 59.4 Å². The number of rotatable bonds is 7. The van der Waals surface area contributed by atoms with Crippen LogP contribution in [0.15, 0.2) is 11.8 Å². The Morgan fingerprint density at radius 1 is 1.16 bits per heavy atom. The van der Waals surface area contributed by atoms with Gasteiger partial charge in [-0.05, 0) is 25.2 Å². The van der Waals surface area contributed by atoms with Crippen molar-refractivity contribution in [3.05, 3.63) is 57.6 Å². The Morgan fingerprint density at radius 2 is 1.69 bits per heavy atom. The maximum atomic E-state index is 14.2. The van der Waals surface area contributed by atoms with Crippen molar-refractivity contribution in [3.63, 3.8) is 0 Å². The quantitative estimate of drug-likeness (QED) is 0.153. The Kier molecular flexibility index (Phi) is 7.35. The SMILES string of the molecule is [C-]#[N+]C(=CC1C(C(=O)OCc2c(F)c(F)c(CC#C)c(F)c2F)C1(C)C)C(=O)OC(C)C. The summed E-state index contributed by atoms with van der Waals surface area (Å²) in [7, 11) is 0. The van der Waals surface area contributed by atoms with E-state index < -0.39 is 82.7 Å². The largest absolute Gasteiger partial charge is 0.468 e. The maximum absolute atomic E-state index is 14.2. The number of terminal acetylenes is 1. The highest BCUT2D eigenvalue weighted by molar-refractivity contribution is 5.91. The van der Waals surface area contributed by atoms with Crippen LogP contribution in [0.3, 0.4) is 0 Å². The molecule has 0 saturated heterocycles. The van der Waals surface area contributed by atoms with Crippen molar-refractivity contribution < 1.29 is 36.6 Å². The predicted molar refractivity (Wildman–Crippen MR) is 105 cm³/mol. The second kappa shape index (κ2) is 9.44. The zero-order valence-electron chi connectivity index (χ0n) is 17.9. The van der Waals surface area contributed by atoms with E-state index in [9.17, 15) is 27.2 Å². The lowest BCUT2D eigenvalue weighted by Crippen LogP contribution is -2.15. The molecular formula is C23H21F4NO4. The Hall–Kier alpha value is -3.33. The predicted octanol–water partition coefficient (Wildman–Crippen LogP) is 4.49. The Bertz CT molecular complexity index is 1030. The average Bonchev–Trinajstić information content (AvgIpc) is 3.26. The van der Waals surface area contributed by atoms with Crippen LogP contribution in [-0.2, 0) is 32.1 Å². The summed E-state index contributed by atoms with van der Waals surface area (Å²) in [4.78, 5) is 27.6. The van der Waals surface area contributed by atoms with E-state index >= 15 is 0 Å². The summed E-state index contributed by atoms with van der Waals surface area (Å²) in [5.41, 5.74) is -3.04. The first-order chi connectivity index (χ1) is 14.9. The van der Waals surface area contributed by atoms with E-state index in [-0.39, 0.29) is 5.70 Å². The van der Waals surface area contributed by atoms with Crippen molar-refractivity contribution in [2.45, 2.75) is 46.8 Å². The van der Waals surface area contributed by atoms with Crippen LogP contribution in [0.1, 0.15) is 38.8 Å². The van der Waals surface area contributed by atoms with Crippen molar-refractivity contribution in [2.75, 3.05) is 0 Å². The number of nitrogens with zero attached hydrogens (tertiary/aromatic N) is 1. The van der Waals surface area contributed by atoms with Gasteiger partial charge >= 0.3 is 11.9 Å². The molecule has 2 atom stereocenters. The van der Waals surface area contributed by atoms with Crippen molar-refractivity contribution in [3.8, 4) is 12.3 Å². The molecule has 32 heavy (non-hydrogen) atoms. The number of hydrogen-bond acceptors (Lipinski definition) is 4. The van der Waals surface area contributed by atoms with Gasteiger partial charge in [-0.1, -0.05) is 19.9 Å². The first-order valence-corrected chi connectivity index (χ1v) is 9.62. The number of carbonyl (C=O) groups is 2. The Morgan fingerprint density at radius 3 is 2.16 bits per heavy atom. The van der Waals surface area contributed by atoms with Gasteiger partial charge in [0.1, 0.15) is 6.61 Å². The summed E-state index contributed by atoms with van der Waals surface area (Å²) in [6, 6.07) is 0. The number of benzene rings is 1. The lowest BCUT2D eigenvalue weighted by atomic mass is 10.1. The molecule has 0 bridgehead atoms. The molecule has 1 saturated carbocycles. The second-order valence-electron chi connectivity index (χ2n) is 8.14. The third-order valence-corrected chi connectivity index (χ3v) is 5.26. The van der Waals surface area contributed by atoms with Crippen LogP contribution in [0.25, 0.3) is 4.85 Å². The standard InChI is InChI=1S/C23H21F4NO4/c1-7-8-12-17(24)19(26)13(20(27)18(12)25)10-31-22(30)16-14(23(16,4)5)9-15(28-6)21(29)32-11(2)3/h1,9,11,14,16H,8,10H2,2-5H3. The van der Waals surface area contributed by atoms with Crippen molar-refractivity contribution in [1.82, 2.24) is 0 Å². The smallest absolute Gasteiger partial charge is 0.336 e. The fourth-order valence-corrected chi connectivity index (χ4v) is 3.37. The fourth-order valence-electron chi connectivity index (χ4n) is 3.37. The summed E-state index contributed by atoms with van der Waals surface area (Å²) in [6.07, 6.45) is 5.14. The first-order valence-electron chi connectivity index (χ1n) is 9.62. The number of esters is 2. The van der Waals surface area contributed by atoms with E-state index in [2.05, 4.69) is 4.85 Å². The van der Waals surface area contributed by atoms with Gasteiger partial charge in [0, 0.05) is 12.0 Å². The Labute approximate surface area is 183 Å². The minimum Gasteiger partial charge on any atom is -0.468 e. The van der Waals surface area contributed by atoms with E-state index in [1.54, 1.807) is 27.7 Å². The lowest BCUT2D eigenvalue weighted by molar-refractivity contribution is -0.148. The number of hydrogen-bond donors (Lipinski definition) is 0. The number of halogens is 4. The molecule has 0 spiro atoms. The van der Waals surface area contributed by atoms with Gasteiger partial charge in [-0.15, -0.1) is 12.3 Å². The maximum Gasteiger partial charge on any atom is 0.336 e. The van der Waals surface area contributed by atoms with E-state index in [4.69, 9.17) is 22.5 Å². The van der Waals surface area contributed by atoms with Crippen LogP contribution in [0.5, 0.6) is 0 Å². The summed E-state index contributed by atoms with van der Waals surface area (Å²) in [5, 5.41) is 0. The van der Waals surface area contributed by atoms with Gasteiger partial charge in [-0.2, -0.15) is 0 Å². The highest BCUT2D eigenvalue weighted by Gasteiger charge is 2.61. The number of ether oxygens (including phenoxy) is 2. The molecule has 0 N–H and O–H groups in total. The molecule has 1 aliphatic carbocycles. The molecule has 9 heteroatoms. The fraction of sp³-hybridized carbons (Fsp3) is 0.435. The van der Waals surface area contributed by atoms with Gasteiger partial charge in [-0.25, -0.2) is 22.4 Å². The molecular weight excluding hydrogens is 430 g/mol. The summed E-state index contributed by atoms with van der Waals surface area (Å²) in [5.74, 6) is -7.94. The van der Waals surface area contributed by atoms with E-state index in [0.29, 0.717) is 0 Å². The van der Waals surface area contributed by atoms with E-state index in [1.807, 2.05) is 5.92 Å². The van der Waals surface area contributed by atoms with Gasteiger partial charge in [0.05, 0.1) is 24.2 Å². The van der Waals surface area contributed by atoms with Crippen LogP contribution >= 0.6 is 0 Å². The second-order valence-corrected chi connectivity index (χ2v) is 8.14. The lowest BCUT2D eigenvalue weighted by Gasteiger charge is -2.11. The van der Waals surface area contributed by atoms with E-state index in [1.165, 1.54) is 6.08 Å². The van der Waals surface area contributed by atoms with Gasteiger partial charge in [0.2, 0.25) is 0 Å². The molecule has 1 aromatic carbocycles. The molecule has 0 aliphatic heterocycles.